The monoisotopic (exact) mass is 368 g/mol. The lowest BCUT2D eigenvalue weighted by Crippen LogP contribution is -2.37. The Labute approximate surface area is 160 Å². The number of nitrogens with zero attached hydrogens (tertiary/aromatic N) is 5. The molecule has 0 atom stereocenters. The number of aromatic nitrogens is 3. The van der Waals surface area contributed by atoms with Crippen molar-refractivity contribution in [3.05, 3.63) is 42.4 Å². The van der Waals surface area contributed by atoms with E-state index in [0.717, 1.165) is 64.2 Å². The molecule has 2 aromatic rings. The van der Waals surface area contributed by atoms with Crippen molar-refractivity contribution in [2.45, 2.75) is 19.4 Å². The molecule has 2 aromatic heterocycles. The van der Waals surface area contributed by atoms with Gasteiger partial charge in [-0.25, -0.2) is 4.98 Å². The fraction of sp³-hybridized carbons (Fsp3) is 0.550. The summed E-state index contributed by atoms with van der Waals surface area (Å²) in [5.74, 6) is 2.40. The number of ether oxygens (including phenoxy) is 1. The van der Waals surface area contributed by atoms with Gasteiger partial charge < -0.3 is 15.0 Å². The van der Waals surface area contributed by atoms with Gasteiger partial charge in [0.2, 0.25) is 5.95 Å². The summed E-state index contributed by atoms with van der Waals surface area (Å²) in [6, 6.07) is 6.19. The third kappa shape index (κ3) is 5.14. The van der Waals surface area contributed by atoms with Crippen LogP contribution in [0.1, 0.15) is 18.4 Å². The van der Waals surface area contributed by atoms with E-state index in [4.69, 9.17) is 4.74 Å². The Morgan fingerprint density at radius 3 is 2.56 bits per heavy atom. The molecule has 0 unspecified atom stereocenters. The highest BCUT2D eigenvalue weighted by Crippen LogP contribution is 2.20. The number of morpholine rings is 1. The molecule has 144 valence electrons. The van der Waals surface area contributed by atoms with Crippen molar-refractivity contribution in [3.63, 3.8) is 0 Å². The molecule has 2 fully saturated rings. The van der Waals surface area contributed by atoms with Crippen LogP contribution < -0.4 is 10.2 Å². The highest BCUT2D eigenvalue weighted by molar-refractivity contribution is 5.42. The minimum absolute atomic E-state index is 0.675. The summed E-state index contributed by atoms with van der Waals surface area (Å²) in [6.07, 6.45) is 8.01. The minimum Gasteiger partial charge on any atom is -0.378 e. The Bertz CT molecular complexity index is 699. The number of hydrogen-bond donors (Lipinski definition) is 1. The molecule has 4 rings (SSSR count). The lowest BCUT2D eigenvalue weighted by atomic mass is 9.96. The van der Waals surface area contributed by atoms with Crippen LogP contribution in [0.25, 0.3) is 0 Å². The Hall–Kier alpha value is -2.25. The fourth-order valence-corrected chi connectivity index (χ4v) is 3.73. The molecule has 0 amide bonds. The summed E-state index contributed by atoms with van der Waals surface area (Å²) in [5.41, 5.74) is 1.34. The first-order valence-corrected chi connectivity index (χ1v) is 9.88. The Morgan fingerprint density at radius 1 is 1.00 bits per heavy atom. The van der Waals surface area contributed by atoms with E-state index < -0.39 is 0 Å². The average Bonchev–Trinajstić information content (AvgIpc) is 2.75. The van der Waals surface area contributed by atoms with Gasteiger partial charge in [0.05, 0.1) is 13.2 Å². The molecular formula is C20H28N6O. The van der Waals surface area contributed by atoms with Crippen molar-refractivity contribution in [2.24, 2.45) is 5.92 Å². The number of likely N-dealkylation sites (tertiary alicyclic amines) is 1. The number of piperidine rings is 1. The van der Waals surface area contributed by atoms with Gasteiger partial charge in [-0.05, 0) is 55.6 Å². The van der Waals surface area contributed by atoms with E-state index in [9.17, 15) is 0 Å². The van der Waals surface area contributed by atoms with Crippen LogP contribution in [0.5, 0.6) is 0 Å². The summed E-state index contributed by atoms with van der Waals surface area (Å²) < 4.78 is 5.42. The molecule has 0 saturated carbocycles. The zero-order chi connectivity index (χ0) is 18.3. The van der Waals surface area contributed by atoms with E-state index in [2.05, 4.69) is 42.2 Å². The molecule has 27 heavy (non-hydrogen) atoms. The first-order valence-electron chi connectivity index (χ1n) is 9.88. The topological polar surface area (TPSA) is 66.4 Å². The van der Waals surface area contributed by atoms with Gasteiger partial charge in [-0.15, -0.1) is 0 Å². The second-order valence-corrected chi connectivity index (χ2v) is 7.29. The van der Waals surface area contributed by atoms with E-state index in [1.165, 1.54) is 18.4 Å². The van der Waals surface area contributed by atoms with Crippen molar-refractivity contribution in [1.29, 1.82) is 0 Å². The number of anilines is 2. The van der Waals surface area contributed by atoms with Crippen molar-refractivity contribution in [3.8, 4) is 0 Å². The Kier molecular flexibility index (Phi) is 6.11. The van der Waals surface area contributed by atoms with E-state index in [-0.39, 0.29) is 0 Å². The third-order valence-corrected chi connectivity index (χ3v) is 5.39. The second kappa shape index (κ2) is 9.10. The predicted octanol–water partition coefficient (Wildman–Crippen LogP) is 2.03. The molecule has 4 heterocycles. The van der Waals surface area contributed by atoms with Gasteiger partial charge in [0.15, 0.2) is 0 Å². The molecule has 0 aliphatic carbocycles. The van der Waals surface area contributed by atoms with Crippen LogP contribution in [0.4, 0.5) is 11.8 Å². The predicted molar refractivity (Wildman–Crippen MR) is 106 cm³/mol. The van der Waals surface area contributed by atoms with Crippen LogP contribution in [-0.2, 0) is 11.3 Å². The smallest absolute Gasteiger partial charge is 0.224 e. The summed E-state index contributed by atoms with van der Waals surface area (Å²) >= 11 is 0. The van der Waals surface area contributed by atoms with Gasteiger partial charge in [-0.3, -0.25) is 9.88 Å². The molecule has 0 bridgehead atoms. The number of rotatable bonds is 6. The number of hydrogen-bond acceptors (Lipinski definition) is 7. The van der Waals surface area contributed by atoms with E-state index in [1.54, 1.807) is 0 Å². The molecule has 2 saturated heterocycles. The molecule has 7 heteroatoms. The van der Waals surface area contributed by atoms with Crippen LogP contribution in [0, 0.1) is 5.92 Å². The highest BCUT2D eigenvalue weighted by atomic mass is 16.5. The normalized spacial score (nSPS) is 19.2. The van der Waals surface area contributed by atoms with Gasteiger partial charge in [0.1, 0.15) is 5.82 Å². The van der Waals surface area contributed by atoms with Gasteiger partial charge in [-0.2, -0.15) is 4.98 Å². The maximum absolute atomic E-state index is 5.42. The Balaban J connectivity index is 1.23. The quantitative estimate of drug-likeness (QED) is 0.837. The zero-order valence-electron chi connectivity index (χ0n) is 15.8. The van der Waals surface area contributed by atoms with Crippen LogP contribution in [-0.4, -0.2) is 65.8 Å². The van der Waals surface area contributed by atoms with Crippen LogP contribution >= 0.6 is 0 Å². The van der Waals surface area contributed by atoms with Gasteiger partial charge in [0.25, 0.3) is 0 Å². The van der Waals surface area contributed by atoms with Crippen LogP contribution in [0.15, 0.2) is 36.8 Å². The zero-order valence-corrected chi connectivity index (χ0v) is 15.8. The molecular weight excluding hydrogens is 340 g/mol. The Morgan fingerprint density at radius 2 is 1.78 bits per heavy atom. The first kappa shape index (κ1) is 18.1. The van der Waals surface area contributed by atoms with Crippen LogP contribution in [0.3, 0.4) is 0 Å². The van der Waals surface area contributed by atoms with Crippen molar-refractivity contribution >= 4 is 11.8 Å². The lowest BCUT2D eigenvalue weighted by Gasteiger charge is -2.32. The fourth-order valence-electron chi connectivity index (χ4n) is 3.73. The molecule has 0 aromatic carbocycles. The SMILES string of the molecule is c1cc(CN2CCC(CNc3nccc(N4CCOCC4)n3)CC2)ccn1. The summed E-state index contributed by atoms with van der Waals surface area (Å²) in [6.45, 7) is 7.57. The maximum Gasteiger partial charge on any atom is 0.224 e. The van der Waals surface area contributed by atoms with Gasteiger partial charge >= 0.3 is 0 Å². The largest absolute Gasteiger partial charge is 0.378 e. The summed E-state index contributed by atoms with van der Waals surface area (Å²) in [4.78, 5) is 18.0. The second-order valence-electron chi connectivity index (χ2n) is 7.29. The van der Waals surface area contributed by atoms with Gasteiger partial charge in [0, 0.05) is 44.8 Å². The highest BCUT2D eigenvalue weighted by Gasteiger charge is 2.19. The lowest BCUT2D eigenvalue weighted by molar-refractivity contribution is 0.122. The van der Waals surface area contributed by atoms with E-state index in [0.29, 0.717) is 5.92 Å². The number of pyridine rings is 1. The van der Waals surface area contributed by atoms with Crippen molar-refractivity contribution < 1.29 is 4.74 Å². The van der Waals surface area contributed by atoms with E-state index >= 15 is 0 Å². The van der Waals surface area contributed by atoms with Gasteiger partial charge in [-0.1, -0.05) is 0 Å². The number of nitrogens with one attached hydrogen (secondary N) is 1. The molecule has 0 radical (unpaired) electrons. The van der Waals surface area contributed by atoms with E-state index in [1.807, 2.05) is 24.7 Å². The first-order chi connectivity index (χ1) is 13.4. The molecule has 1 N–H and O–H groups in total. The standard InChI is InChI=1S/C20H28N6O/c1-6-21-7-2-18(1)16-25-9-4-17(5-10-25)15-23-20-22-8-3-19(24-20)26-11-13-27-14-12-26/h1-3,6-8,17H,4-5,9-16H2,(H,22,23,24). The van der Waals surface area contributed by atoms with Crippen LogP contribution in [0.2, 0.25) is 0 Å². The summed E-state index contributed by atoms with van der Waals surface area (Å²) in [5, 5.41) is 3.45. The van der Waals surface area contributed by atoms with Crippen molar-refractivity contribution in [1.82, 2.24) is 19.9 Å². The van der Waals surface area contributed by atoms with Crippen molar-refractivity contribution in [2.75, 3.05) is 56.2 Å². The minimum atomic E-state index is 0.675. The summed E-state index contributed by atoms with van der Waals surface area (Å²) in [7, 11) is 0. The molecule has 2 aliphatic rings. The maximum atomic E-state index is 5.42. The molecule has 2 aliphatic heterocycles. The average molecular weight is 368 g/mol. The third-order valence-electron chi connectivity index (χ3n) is 5.39. The molecule has 7 nitrogen and oxygen atoms in total. The molecule has 0 spiro atoms.